The molecule has 3 aromatic carbocycles. The Bertz CT molecular complexity index is 1740. The quantitative estimate of drug-likeness (QED) is 0.0686. The number of aromatic nitrogens is 1. The number of hydrogen-bond acceptors (Lipinski definition) is 9. The van der Waals surface area contributed by atoms with E-state index in [2.05, 4.69) is 22.7 Å². The molecule has 0 spiro atoms. The summed E-state index contributed by atoms with van der Waals surface area (Å²) in [6, 6.07) is 17.3. The smallest absolute Gasteiger partial charge is 0.343 e. The molecule has 49 heavy (non-hydrogen) atoms. The number of Topliss-reactive ketones (excluding diaryl/α,β-unsaturated/α-hetero) is 1. The summed E-state index contributed by atoms with van der Waals surface area (Å²) in [5, 5.41) is 9.33. The van der Waals surface area contributed by atoms with Gasteiger partial charge in [-0.1, -0.05) is 49.9 Å². The number of carbonyl (C=O) groups is 4. The van der Waals surface area contributed by atoms with E-state index in [4.69, 9.17) is 18.7 Å². The van der Waals surface area contributed by atoms with E-state index in [0.29, 0.717) is 51.9 Å². The van der Waals surface area contributed by atoms with E-state index in [1.165, 1.54) is 39.4 Å². The Balaban J connectivity index is 1.35. The van der Waals surface area contributed by atoms with Gasteiger partial charge in [-0.2, -0.15) is 0 Å². The van der Waals surface area contributed by atoms with Gasteiger partial charge >= 0.3 is 5.97 Å². The first-order valence-electron chi connectivity index (χ1n) is 16.4. The Morgan fingerprint density at radius 3 is 2.29 bits per heavy atom. The van der Waals surface area contributed by atoms with Crippen LogP contribution in [0.5, 0.6) is 17.2 Å². The van der Waals surface area contributed by atoms with Gasteiger partial charge < -0.3 is 29.4 Å². The fourth-order valence-electron chi connectivity index (χ4n) is 5.18. The van der Waals surface area contributed by atoms with E-state index < -0.39 is 23.8 Å². The third-order valence-electron chi connectivity index (χ3n) is 7.92. The molecule has 2 amide bonds. The van der Waals surface area contributed by atoms with E-state index >= 15 is 0 Å². The fourth-order valence-corrected chi connectivity index (χ4v) is 5.18. The van der Waals surface area contributed by atoms with Gasteiger partial charge in [0.25, 0.3) is 11.8 Å². The lowest BCUT2D eigenvalue weighted by Gasteiger charge is -2.18. The molecule has 1 aromatic heterocycles. The van der Waals surface area contributed by atoms with Gasteiger partial charge in [0.1, 0.15) is 17.1 Å². The molecule has 0 aliphatic heterocycles. The normalized spacial score (nSPS) is 11.4. The second-order valence-corrected chi connectivity index (χ2v) is 11.7. The summed E-state index contributed by atoms with van der Waals surface area (Å²) in [5.74, 6) is -0.138. The van der Waals surface area contributed by atoms with Crippen LogP contribution in [0.25, 0.3) is 0 Å². The third-order valence-corrected chi connectivity index (χ3v) is 7.92. The Labute approximate surface area is 286 Å². The average Bonchev–Trinajstić information content (AvgIpc) is 3.44. The van der Waals surface area contributed by atoms with Crippen molar-refractivity contribution in [3.05, 3.63) is 100 Å². The zero-order chi connectivity index (χ0) is 35.3. The van der Waals surface area contributed by atoms with Crippen LogP contribution in [0.15, 0.2) is 71.3 Å². The second kappa shape index (κ2) is 17.6. The van der Waals surface area contributed by atoms with Crippen LogP contribution in [0.4, 0.5) is 5.69 Å². The number of aryl methyl sites for hydroxylation is 2. The Morgan fingerprint density at radius 2 is 1.61 bits per heavy atom. The minimum Gasteiger partial charge on any atom is -0.494 e. The molecular formula is C38H43N3O8. The minimum atomic E-state index is -0.858. The van der Waals surface area contributed by atoms with Gasteiger partial charge in [-0.3, -0.25) is 14.4 Å². The lowest BCUT2D eigenvalue weighted by atomic mass is 10.0. The molecule has 11 nitrogen and oxygen atoms in total. The van der Waals surface area contributed by atoms with Crippen molar-refractivity contribution in [3.63, 3.8) is 0 Å². The summed E-state index contributed by atoms with van der Waals surface area (Å²) in [6.07, 6.45) is 5.91. The molecule has 4 rings (SSSR count). The molecule has 1 atom stereocenters. The SMILES string of the molecule is CCCCCCCOc1ccc(C(=O)Oc2ccc(CC(NC(=O)c3cccc(NC(=O)c4c(C)noc4C)c3)C(C)=O)cc2OC)cc1. The molecule has 0 saturated heterocycles. The predicted molar refractivity (Wildman–Crippen MR) is 185 cm³/mol. The van der Waals surface area contributed by atoms with Crippen molar-refractivity contribution >= 4 is 29.3 Å². The number of rotatable bonds is 17. The van der Waals surface area contributed by atoms with Gasteiger partial charge in [0.05, 0.1) is 31.0 Å². The van der Waals surface area contributed by atoms with Crippen LogP contribution >= 0.6 is 0 Å². The lowest BCUT2D eigenvalue weighted by molar-refractivity contribution is -0.118. The van der Waals surface area contributed by atoms with Crippen LogP contribution in [0.1, 0.15) is 94.0 Å². The Kier molecular flexibility index (Phi) is 13.1. The maximum atomic E-state index is 13.2. The first kappa shape index (κ1) is 36.4. The summed E-state index contributed by atoms with van der Waals surface area (Å²) >= 11 is 0. The van der Waals surface area contributed by atoms with Crippen LogP contribution in [0.3, 0.4) is 0 Å². The minimum absolute atomic E-state index is 0.161. The van der Waals surface area contributed by atoms with Crippen molar-refractivity contribution in [3.8, 4) is 17.2 Å². The van der Waals surface area contributed by atoms with Crippen molar-refractivity contribution in [2.45, 2.75) is 72.3 Å². The predicted octanol–water partition coefficient (Wildman–Crippen LogP) is 7.05. The van der Waals surface area contributed by atoms with Crippen molar-refractivity contribution in [1.29, 1.82) is 0 Å². The topological polar surface area (TPSA) is 146 Å². The summed E-state index contributed by atoms with van der Waals surface area (Å²) in [5.41, 5.74) is 2.46. The Hall–Kier alpha value is -5.45. The number of ether oxygens (including phenoxy) is 3. The number of esters is 1. The highest BCUT2D eigenvalue weighted by Gasteiger charge is 2.22. The van der Waals surface area contributed by atoms with Gasteiger partial charge in [0, 0.05) is 11.3 Å². The molecule has 0 bridgehead atoms. The van der Waals surface area contributed by atoms with E-state index in [1.807, 2.05) is 0 Å². The fraction of sp³-hybridized carbons (Fsp3) is 0.342. The number of nitrogens with zero attached hydrogens (tertiary/aromatic N) is 1. The van der Waals surface area contributed by atoms with Crippen LogP contribution in [0.2, 0.25) is 0 Å². The monoisotopic (exact) mass is 669 g/mol. The van der Waals surface area contributed by atoms with Crippen molar-refractivity contribution in [2.24, 2.45) is 0 Å². The largest absolute Gasteiger partial charge is 0.494 e. The number of carbonyl (C=O) groups excluding carboxylic acids is 4. The van der Waals surface area contributed by atoms with E-state index in [-0.39, 0.29) is 23.5 Å². The highest BCUT2D eigenvalue weighted by molar-refractivity contribution is 6.06. The number of anilines is 1. The molecule has 0 aliphatic rings. The van der Waals surface area contributed by atoms with Crippen LogP contribution < -0.4 is 24.8 Å². The number of unbranched alkanes of at least 4 members (excludes halogenated alkanes) is 4. The molecule has 1 heterocycles. The molecule has 0 fully saturated rings. The van der Waals surface area contributed by atoms with Gasteiger partial charge in [-0.05, 0) is 93.8 Å². The lowest BCUT2D eigenvalue weighted by Crippen LogP contribution is -2.41. The van der Waals surface area contributed by atoms with Gasteiger partial charge in [0.15, 0.2) is 17.3 Å². The highest BCUT2D eigenvalue weighted by Crippen LogP contribution is 2.30. The molecule has 2 N–H and O–H groups in total. The molecule has 0 aliphatic carbocycles. The van der Waals surface area contributed by atoms with E-state index in [0.717, 1.165) is 12.8 Å². The maximum absolute atomic E-state index is 13.2. The van der Waals surface area contributed by atoms with Crippen molar-refractivity contribution < 1.29 is 37.9 Å². The average molecular weight is 670 g/mol. The van der Waals surface area contributed by atoms with Crippen LogP contribution in [-0.4, -0.2) is 48.5 Å². The van der Waals surface area contributed by atoms with E-state index in [1.54, 1.807) is 74.5 Å². The molecule has 0 saturated carbocycles. The van der Waals surface area contributed by atoms with Gasteiger partial charge in [-0.15, -0.1) is 0 Å². The summed E-state index contributed by atoms with van der Waals surface area (Å²) < 4.78 is 22.0. The van der Waals surface area contributed by atoms with Crippen LogP contribution in [0, 0.1) is 13.8 Å². The zero-order valence-electron chi connectivity index (χ0n) is 28.6. The molecule has 0 radical (unpaired) electrons. The number of methoxy groups -OCH3 is 1. The summed E-state index contributed by atoms with van der Waals surface area (Å²) in [7, 11) is 1.45. The van der Waals surface area contributed by atoms with Gasteiger partial charge in [0.2, 0.25) is 0 Å². The number of nitrogens with one attached hydrogen (secondary N) is 2. The molecule has 258 valence electrons. The first-order chi connectivity index (χ1) is 23.6. The van der Waals surface area contributed by atoms with Gasteiger partial charge in [-0.25, -0.2) is 4.79 Å². The maximum Gasteiger partial charge on any atom is 0.343 e. The second-order valence-electron chi connectivity index (χ2n) is 11.7. The highest BCUT2D eigenvalue weighted by atomic mass is 16.6. The molecule has 4 aromatic rings. The van der Waals surface area contributed by atoms with E-state index in [9.17, 15) is 19.2 Å². The summed E-state index contributed by atoms with van der Waals surface area (Å²) in [6.45, 7) is 7.51. The number of ketones is 1. The third kappa shape index (κ3) is 10.3. The number of hydrogen-bond donors (Lipinski definition) is 2. The summed E-state index contributed by atoms with van der Waals surface area (Å²) in [4.78, 5) is 51.4. The molecular weight excluding hydrogens is 626 g/mol. The first-order valence-corrected chi connectivity index (χ1v) is 16.4. The standard InChI is InChI=1S/C38H43N3O8/c1-6-7-8-9-10-20-47-31-17-15-28(16-18-31)38(45)48-33-19-14-27(22-34(33)46-5)21-32(25(3)42)40-36(43)29-12-11-13-30(23-29)39-37(44)35-24(2)41-49-26(35)4/h11-19,22-23,32H,6-10,20-21H2,1-5H3,(H,39,44)(H,40,43). The van der Waals surface area contributed by atoms with Crippen molar-refractivity contribution in [1.82, 2.24) is 10.5 Å². The van der Waals surface area contributed by atoms with Crippen LogP contribution in [-0.2, 0) is 11.2 Å². The molecule has 11 heteroatoms. The number of amides is 2. The van der Waals surface area contributed by atoms with Crippen molar-refractivity contribution in [2.75, 3.05) is 19.0 Å². The zero-order valence-corrected chi connectivity index (χ0v) is 28.6. The number of benzene rings is 3. The molecule has 1 unspecified atom stereocenters. The Morgan fingerprint density at radius 1 is 0.857 bits per heavy atom.